The predicted octanol–water partition coefficient (Wildman–Crippen LogP) is 5.25. The van der Waals surface area contributed by atoms with E-state index < -0.39 is 0 Å². The minimum atomic E-state index is -0.274. The summed E-state index contributed by atoms with van der Waals surface area (Å²) in [5, 5.41) is 14.9. The number of nitrogens with zero attached hydrogens (tertiary/aromatic N) is 2. The summed E-state index contributed by atoms with van der Waals surface area (Å²) in [6.45, 7) is 6.53. The molecular weight excluding hydrogens is 348 g/mol. The van der Waals surface area contributed by atoms with Crippen LogP contribution >= 0.6 is 0 Å². The lowest BCUT2D eigenvalue weighted by Crippen LogP contribution is -2.12. The lowest BCUT2D eigenvalue weighted by molar-refractivity contribution is 0.102. The molecule has 5 heteroatoms. The molecule has 0 saturated carbocycles. The van der Waals surface area contributed by atoms with Crippen molar-refractivity contribution in [3.8, 4) is 6.07 Å². The first-order chi connectivity index (χ1) is 13.3. The molecule has 0 aliphatic carbocycles. The molecule has 1 heterocycles. The molecule has 3 aromatic rings. The van der Waals surface area contributed by atoms with E-state index in [9.17, 15) is 4.79 Å². The van der Waals surface area contributed by atoms with Gasteiger partial charge >= 0.3 is 0 Å². The lowest BCUT2D eigenvalue weighted by Gasteiger charge is -2.19. The van der Waals surface area contributed by atoms with E-state index in [0.717, 1.165) is 5.69 Å². The van der Waals surface area contributed by atoms with Gasteiger partial charge in [0, 0.05) is 17.6 Å². The van der Waals surface area contributed by atoms with Gasteiger partial charge in [0.05, 0.1) is 17.2 Å². The zero-order chi connectivity index (χ0) is 20.1. The average molecular weight is 370 g/mol. The first kappa shape index (κ1) is 19.1. The molecular formula is C23H22N4O. The van der Waals surface area contributed by atoms with Crippen LogP contribution in [0.15, 0.2) is 66.9 Å². The second-order valence-electron chi connectivity index (χ2n) is 7.53. The standard InChI is InChI=1S/C23H22N4O/c1-23(2,3)18-8-10-19(11-9-18)26-21-12-7-17(15-25-21)22(28)27-20-6-4-5-16(13-20)14-24/h4-13,15H,1-3H3,(H,25,26)(H,27,28). The largest absolute Gasteiger partial charge is 0.340 e. The Morgan fingerprint density at radius 3 is 2.36 bits per heavy atom. The second kappa shape index (κ2) is 7.93. The fourth-order valence-electron chi connectivity index (χ4n) is 2.67. The van der Waals surface area contributed by atoms with E-state index in [2.05, 4.69) is 54.6 Å². The number of hydrogen-bond donors (Lipinski definition) is 2. The van der Waals surface area contributed by atoms with Crippen molar-refractivity contribution in [2.45, 2.75) is 26.2 Å². The summed E-state index contributed by atoms with van der Waals surface area (Å²) in [7, 11) is 0. The molecule has 0 saturated heterocycles. The average Bonchev–Trinajstić information content (AvgIpc) is 2.68. The Hall–Kier alpha value is -3.65. The van der Waals surface area contributed by atoms with Gasteiger partial charge in [0.2, 0.25) is 0 Å². The summed E-state index contributed by atoms with van der Waals surface area (Å²) < 4.78 is 0. The Morgan fingerprint density at radius 2 is 1.75 bits per heavy atom. The topological polar surface area (TPSA) is 77.8 Å². The first-order valence-corrected chi connectivity index (χ1v) is 9.00. The van der Waals surface area contributed by atoms with Crippen molar-refractivity contribution in [1.29, 1.82) is 5.26 Å². The van der Waals surface area contributed by atoms with Gasteiger partial charge in [-0.1, -0.05) is 39.0 Å². The van der Waals surface area contributed by atoms with E-state index >= 15 is 0 Å². The van der Waals surface area contributed by atoms with Gasteiger partial charge in [0.1, 0.15) is 5.82 Å². The first-order valence-electron chi connectivity index (χ1n) is 9.00. The fourth-order valence-corrected chi connectivity index (χ4v) is 2.67. The van der Waals surface area contributed by atoms with Gasteiger partial charge in [0.15, 0.2) is 0 Å². The number of benzene rings is 2. The maximum atomic E-state index is 12.4. The fraction of sp³-hybridized carbons (Fsp3) is 0.174. The number of aromatic nitrogens is 1. The quantitative estimate of drug-likeness (QED) is 0.658. The highest BCUT2D eigenvalue weighted by Crippen LogP contribution is 2.24. The molecule has 3 rings (SSSR count). The number of anilines is 3. The van der Waals surface area contributed by atoms with Crippen molar-refractivity contribution < 1.29 is 4.79 Å². The van der Waals surface area contributed by atoms with E-state index in [4.69, 9.17) is 5.26 Å². The molecule has 0 spiro atoms. The Bertz CT molecular complexity index is 1010. The predicted molar refractivity (Wildman–Crippen MR) is 112 cm³/mol. The number of amides is 1. The van der Waals surface area contributed by atoms with Crippen LogP contribution in [0.1, 0.15) is 42.3 Å². The molecule has 0 atom stereocenters. The molecule has 2 aromatic carbocycles. The molecule has 1 amide bonds. The Kier molecular flexibility index (Phi) is 5.42. The number of hydrogen-bond acceptors (Lipinski definition) is 4. The van der Waals surface area contributed by atoms with Crippen molar-refractivity contribution in [2.24, 2.45) is 0 Å². The molecule has 28 heavy (non-hydrogen) atoms. The van der Waals surface area contributed by atoms with E-state index in [-0.39, 0.29) is 11.3 Å². The van der Waals surface area contributed by atoms with E-state index in [0.29, 0.717) is 22.6 Å². The third-order valence-corrected chi connectivity index (χ3v) is 4.30. The summed E-state index contributed by atoms with van der Waals surface area (Å²) in [6.07, 6.45) is 1.52. The minimum Gasteiger partial charge on any atom is -0.340 e. The van der Waals surface area contributed by atoms with Crippen LogP contribution in [0.25, 0.3) is 0 Å². The van der Waals surface area contributed by atoms with Crippen LogP contribution in [0, 0.1) is 11.3 Å². The maximum Gasteiger partial charge on any atom is 0.257 e. The second-order valence-corrected chi connectivity index (χ2v) is 7.53. The zero-order valence-corrected chi connectivity index (χ0v) is 16.2. The van der Waals surface area contributed by atoms with Crippen LogP contribution in [0.4, 0.5) is 17.2 Å². The lowest BCUT2D eigenvalue weighted by atomic mass is 9.87. The number of carbonyl (C=O) groups excluding carboxylic acids is 1. The number of carbonyl (C=O) groups is 1. The number of nitriles is 1. The third-order valence-electron chi connectivity index (χ3n) is 4.30. The molecule has 1 aromatic heterocycles. The monoisotopic (exact) mass is 370 g/mol. The van der Waals surface area contributed by atoms with Gasteiger partial charge in [-0.05, 0) is 53.4 Å². The van der Waals surface area contributed by atoms with Gasteiger partial charge in [-0.25, -0.2) is 4.98 Å². The summed E-state index contributed by atoms with van der Waals surface area (Å²) in [5.74, 6) is 0.384. The van der Waals surface area contributed by atoms with Gasteiger partial charge in [-0.15, -0.1) is 0 Å². The molecule has 0 aliphatic heterocycles. The molecule has 5 nitrogen and oxygen atoms in total. The van der Waals surface area contributed by atoms with Crippen LogP contribution < -0.4 is 10.6 Å². The van der Waals surface area contributed by atoms with Crippen molar-refractivity contribution in [3.63, 3.8) is 0 Å². The number of rotatable bonds is 4. The van der Waals surface area contributed by atoms with E-state index in [1.54, 1.807) is 36.4 Å². The summed E-state index contributed by atoms with van der Waals surface area (Å²) in [5.41, 5.74) is 3.82. The van der Waals surface area contributed by atoms with E-state index in [1.165, 1.54) is 11.8 Å². The van der Waals surface area contributed by atoms with Crippen molar-refractivity contribution >= 4 is 23.1 Å². The van der Waals surface area contributed by atoms with Crippen LogP contribution in [0.5, 0.6) is 0 Å². The van der Waals surface area contributed by atoms with Crippen molar-refractivity contribution in [2.75, 3.05) is 10.6 Å². The van der Waals surface area contributed by atoms with Crippen LogP contribution in [-0.2, 0) is 5.41 Å². The van der Waals surface area contributed by atoms with Gasteiger partial charge in [0.25, 0.3) is 5.91 Å². The van der Waals surface area contributed by atoms with Gasteiger partial charge in [-0.3, -0.25) is 4.79 Å². The van der Waals surface area contributed by atoms with E-state index in [1.807, 2.05) is 12.1 Å². The van der Waals surface area contributed by atoms with Crippen LogP contribution in [0.3, 0.4) is 0 Å². The molecule has 0 unspecified atom stereocenters. The Balaban J connectivity index is 1.66. The molecule has 0 aliphatic rings. The van der Waals surface area contributed by atoms with Crippen LogP contribution in [-0.4, -0.2) is 10.9 Å². The smallest absolute Gasteiger partial charge is 0.257 e. The Morgan fingerprint density at radius 1 is 1.00 bits per heavy atom. The molecule has 140 valence electrons. The minimum absolute atomic E-state index is 0.110. The summed E-state index contributed by atoms with van der Waals surface area (Å²) in [4.78, 5) is 16.7. The number of nitrogens with one attached hydrogen (secondary N) is 2. The van der Waals surface area contributed by atoms with Crippen molar-refractivity contribution in [3.05, 3.63) is 83.6 Å². The molecule has 0 radical (unpaired) electrons. The van der Waals surface area contributed by atoms with Crippen molar-refractivity contribution in [1.82, 2.24) is 4.98 Å². The number of pyridine rings is 1. The normalized spacial score (nSPS) is 10.8. The third kappa shape index (κ3) is 4.74. The zero-order valence-electron chi connectivity index (χ0n) is 16.2. The highest BCUT2D eigenvalue weighted by molar-refractivity contribution is 6.04. The summed E-state index contributed by atoms with van der Waals surface area (Å²) in [6, 6.07) is 20.5. The highest BCUT2D eigenvalue weighted by Gasteiger charge is 2.13. The SMILES string of the molecule is CC(C)(C)c1ccc(Nc2ccc(C(=O)Nc3cccc(C#N)c3)cn2)cc1. The maximum absolute atomic E-state index is 12.4. The Labute approximate surface area is 165 Å². The highest BCUT2D eigenvalue weighted by atomic mass is 16.1. The van der Waals surface area contributed by atoms with Gasteiger partial charge in [-0.2, -0.15) is 5.26 Å². The molecule has 0 fully saturated rings. The molecule has 2 N–H and O–H groups in total. The van der Waals surface area contributed by atoms with Crippen LogP contribution in [0.2, 0.25) is 0 Å². The summed E-state index contributed by atoms with van der Waals surface area (Å²) >= 11 is 0. The van der Waals surface area contributed by atoms with Gasteiger partial charge < -0.3 is 10.6 Å². The molecule has 0 bridgehead atoms.